The Hall–Kier alpha value is -4.27. The Kier molecular flexibility index (Phi) is 6.88. The molecule has 0 bridgehead atoms. The van der Waals surface area contributed by atoms with Gasteiger partial charge in [0.1, 0.15) is 11.4 Å². The minimum atomic E-state index is -0.754. The van der Waals surface area contributed by atoms with Crippen molar-refractivity contribution in [1.82, 2.24) is 20.1 Å². The van der Waals surface area contributed by atoms with Crippen LogP contribution in [0.15, 0.2) is 65.4 Å². The second-order valence-electron chi connectivity index (χ2n) is 8.88. The van der Waals surface area contributed by atoms with Gasteiger partial charge in [0.15, 0.2) is 5.76 Å². The number of hydrogen-bond acceptors (Lipinski definition) is 8. The Labute approximate surface area is 208 Å². The molecule has 2 atom stereocenters. The van der Waals surface area contributed by atoms with Crippen LogP contribution >= 0.6 is 0 Å². The summed E-state index contributed by atoms with van der Waals surface area (Å²) in [6, 6.07) is 15.5. The highest BCUT2D eigenvalue weighted by Crippen LogP contribution is 2.30. The molecule has 4 aromatic rings. The zero-order valence-electron chi connectivity index (χ0n) is 19.9. The number of ether oxygens (including phenoxy) is 1. The van der Waals surface area contributed by atoms with Crippen LogP contribution < -0.4 is 10.1 Å². The van der Waals surface area contributed by atoms with Gasteiger partial charge >= 0.3 is 5.97 Å². The van der Waals surface area contributed by atoms with E-state index in [-0.39, 0.29) is 12.0 Å². The van der Waals surface area contributed by atoms with Crippen LogP contribution in [-0.2, 0) is 11.3 Å². The largest absolute Gasteiger partial charge is 0.489 e. The molecule has 1 fully saturated rings. The van der Waals surface area contributed by atoms with E-state index in [0.29, 0.717) is 42.5 Å². The van der Waals surface area contributed by atoms with Crippen molar-refractivity contribution in [1.29, 1.82) is 0 Å². The van der Waals surface area contributed by atoms with Crippen LogP contribution in [-0.4, -0.2) is 37.3 Å². The summed E-state index contributed by atoms with van der Waals surface area (Å²) in [5.41, 5.74) is 4.09. The molecular formula is C27H27N5O4. The minimum absolute atomic E-state index is 0.119. The average molecular weight is 486 g/mol. The maximum absolute atomic E-state index is 11.3. The quantitative estimate of drug-likeness (QED) is 0.349. The topological polar surface area (TPSA) is 123 Å². The van der Waals surface area contributed by atoms with Crippen molar-refractivity contribution in [2.24, 2.45) is 5.92 Å². The molecule has 9 nitrogen and oxygen atoms in total. The first-order chi connectivity index (χ1) is 17.6. The molecule has 2 unspecified atom stereocenters. The van der Waals surface area contributed by atoms with Gasteiger partial charge in [-0.15, -0.1) is 0 Å². The summed E-state index contributed by atoms with van der Waals surface area (Å²) in [6.07, 6.45) is 6.16. The van der Waals surface area contributed by atoms with Crippen molar-refractivity contribution in [3.63, 3.8) is 0 Å². The Bertz CT molecular complexity index is 1320. The Morgan fingerprint density at radius 3 is 2.75 bits per heavy atom. The van der Waals surface area contributed by atoms with Gasteiger partial charge in [0, 0.05) is 23.9 Å². The van der Waals surface area contributed by atoms with E-state index in [1.165, 1.54) is 0 Å². The summed E-state index contributed by atoms with van der Waals surface area (Å²) >= 11 is 0. The third kappa shape index (κ3) is 5.35. The Morgan fingerprint density at radius 1 is 1.11 bits per heavy atom. The summed E-state index contributed by atoms with van der Waals surface area (Å²) in [5, 5.41) is 16.7. The van der Waals surface area contributed by atoms with E-state index in [4.69, 9.17) is 9.26 Å². The summed E-state index contributed by atoms with van der Waals surface area (Å²) in [4.78, 5) is 24.8. The van der Waals surface area contributed by atoms with Crippen LogP contribution in [0.3, 0.4) is 0 Å². The van der Waals surface area contributed by atoms with Gasteiger partial charge in [-0.25, -0.2) is 15.0 Å². The van der Waals surface area contributed by atoms with Gasteiger partial charge in [-0.2, -0.15) is 0 Å². The number of aliphatic carboxylic acids is 1. The molecule has 0 aliphatic heterocycles. The predicted octanol–water partition coefficient (Wildman–Crippen LogP) is 5.14. The molecule has 1 aliphatic rings. The summed E-state index contributed by atoms with van der Waals surface area (Å²) < 4.78 is 11.6. The highest BCUT2D eigenvalue weighted by atomic mass is 16.5. The molecule has 3 heterocycles. The molecule has 0 amide bonds. The predicted molar refractivity (Wildman–Crippen MR) is 133 cm³/mol. The van der Waals surface area contributed by atoms with E-state index in [1.807, 2.05) is 55.5 Å². The molecule has 1 aliphatic carbocycles. The first-order valence-corrected chi connectivity index (χ1v) is 12.0. The number of carbonyl (C=O) groups is 1. The molecule has 9 heteroatoms. The highest BCUT2D eigenvalue weighted by molar-refractivity contribution is 5.70. The molecule has 184 valence electrons. The molecule has 5 rings (SSSR count). The van der Waals surface area contributed by atoms with Crippen molar-refractivity contribution in [2.75, 3.05) is 5.32 Å². The van der Waals surface area contributed by atoms with E-state index in [9.17, 15) is 9.90 Å². The van der Waals surface area contributed by atoms with Gasteiger partial charge in [-0.1, -0.05) is 35.5 Å². The fourth-order valence-electron chi connectivity index (χ4n) is 4.43. The first-order valence-electron chi connectivity index (χ1n) is 12.0. The number of pyridine rings is 1. The Balaban J connectivity index is 1.26. The zero-order chi connectivity index (χ0) is 24.9. The number of rotatable bonds is 8. The lowest BCUT2D eigenvalue weighted by Crippen LogP contribution is -2.29. The third-order valence-corrected chi connectivity index (χ3v) is 6.38. The first kappa shape index (κ1) is 23.5. The second kappa shape index (κ2) is 10.6. The molecule has 36 heavy (non-hydrogen) atoms. The lowest BCUT2D eigenvalue weighted by atomic mass is 9.87. The van der Waals surface area contributed by atoms with Crippen LogP contribution in [0.1, 0.15) is 36.9 Å². The van der Waals surface area contributed by atoms with Gasteiger partial charge in [-0.05, 0) is 50.8 Å². The smallest absolute Gasteiger partial charge is 0.306 e. The number of nitrogens with one attached hydrogen (secondary N) is 1. The van der Waals surface area contributed by atoms with Gasteiger partial charge < -0.3 is 19.7 Å². The fraction of sp³-hybridized carbons (Fsp3) is 0.296. The molecular weight excluding hydrogens is 458 g/mol. The van der Waals surface area contributed by atoms with Crippen LogP contribution in [0, 0.1) is 12.8 Å². The van der Waals surface area contributed by atoms with Crippen molar-refractivity contribution >= 4 is 11.9 Å². The van der Waals surface area contributed by atoms with Gasteiger partial charge in [0.25, 0.3) is 0 Å². The lowest BCUT2D eigenvalue weighted by molar-refractivity contribution is -0.143. The Morgan fingerprint density at radius 2 is 1.97 bits per heavy atom. The van der Waals surface area contributed by atoms with E-state index in [0.717, 1.165) is 35.4 Å². The number of aryl methyl sites for hydroxylation is 1. The average Bonchev–Trinajstić information content (AvgIpc) is 3.29. The number of carboxylic acid groups (broad SMARTS) is 1. The summed E-state index contributed by atoms with van der Waals surface area (Å²) in [6.45, 7) is 2.30. The molecule has 0 saturated heterocycles. The number of anilines is 1. The maximum atomic E-state index is 11.3. The van der Waals surface area contributed by atoms with Gasteiger partial charge in [-0.3, -0.25) is 4.79 Å². The van der Waals surface area contributed by atoms with Crippen LogP contribution in [0.25, 0.3) is 22.7 Å². The van der Waals surface area contributed by atoms with E-state index in [1.54, 1.807) is 12.4 Å². The normalized spacial score (nSPS) is 17.5. The maximum Gasteiger partial charge on any atom is 0.306 e. The van der Waals surface area contributed by atoms with E-state index < -0.39 is 5.97 Å². The number of carboxylic acids is 1. The monoisotopic (exact) mass is 485 g/mol. The zero-order valence-corrected chi connectivity index (χ0v) is 19.9. The second-order valence-corrected chi connectivity index (χ2v) is 8.88. The molecule has 2 N–H and O–H groups in total. The SMILES string of the molecule is Cc1noc(-c2ccc(OC3CCCC(C(=O)O)C3)cn2)c1CNc1nccc(-c2ccccc2)n1. The van der Waals surface area contributed by atoms with Crippen LogP contribution in [0.4, 0.5) is 5.95 Å². The number of hydrogen-bond donors (Lipinski definition) is 2. The minimum Gasteiger partial charge on any atom is -0.489 e. The van der Waals surface area contributed by atoms with Gasteiger partial charge in [0.2, 0.25) is 5.95 Å². The van der Waals surface area contributed by atoms with Crippen LogP contribution in [0.5, 0.6) is 5.75 Å². The molecule has 1 aromatic carbocycles. The molecule has 1 saturated carbocycles. The molecule has 3 aromatic heterocycles. The number of aromatic nitrogens is 4. The van der Waals surface area contributed by atoms with Crippen molar-refractivity contribution < 1.29 is 19.2 Å². The number of nitrogens with zero attached hydrogens (tertiary/aromatic N) is 4. The van der Waals surface area contributed by atoms with Crippen molar-refractivity contribution in [3.05, 3.63) is 72.2 Å². The summed E-state index contributed by atoms with van der Waals surface area (Å²) in [7, 11) is 0. The van der Waals surface area contributed by atoms with E-state index in [2.05, 4.69) is 25.4 Å². The van der Waals surface area contributed by atoms with Crippen LogP contribution in [0.2, 0.25) is 0 Å². The fourth-order valence-corrected chi connectivity index (χ4v) is 4.43. The molecule has 0 radical (unpaired) electrons. The van der Waals surface area contributed by atoms with Crippen molar-refractivity contribution in [2.45, 2.75) is 45.3 Å². The third-order valence-electron chi connectivity index (χ3n) is 6.38. The van der Waals surface area contributed by atoms with Crippen molar-refractivity contribution in [3.8, 4) is 28.5 Å². The number of benzene rings is 1. The van der Waals surface area contributed by atoms with E-state index >= 15 is 0 Å². The highest BCUT2D eigenvalue weighted by Gasteiger charge is 2.28. The van der Waals surface area contributed by atoms with Gasteiger partial charge in [0.05, 0.1) is 29.6 Å². The standard InChI is InChI=1S/C27H27N5O4/c1-17-22(16-30-27-28-13-12-23(31-27)18-6-3-2-4-7-18)25(36-32-17)24-11-10-21(15-29-24)35-20-9-5-8-19(14-20)26(33)34/h2-4,6-7,10-13,15,19-20H,5,8-9,14,16H2,1H3,(H,33,34)(H,28,30,31). The summed E-state index contributed by atoms with van der Waals surface area (Å²) in [5.74, 6) is 0.578. The lowest BCUT2D eigenvalue weighted by Gasteiger charge is -2.27. The molecule has 0 spiro atoms.